The van der Waals surface area contributed by atoms with Crippen LogP contribution in [0.1, 0.15) is 59.3 Å². The second kappa shape index (κ2) is 6.21. The van der Waals surface area contributed by atoms with Crippen molar-refractivity contribution in [2.24, 2.45) is 11.3 Å². The molecule has 0 saturated heterocycles. The number of carboxylic acid groups (broad SMARTS) is 1. The molecular weight excluding hydrogens is 230 g/mol. The molecule has 0 bridgehead atoms. The lowest BCUT2D eigenvalue weighted by Gasteiger charge is -2.29. The highest BCUT2D eigenvalue weighted by molar-refractivity contribution is 5.84. The van der Waals surface area contributed by atoms with Crippen LogP contribution in [0.5, 0.6) is 0 Å². The lowest BCUT2D eigenvalue weighted by atomic mass is 9.83. The summed E-state index contributed by atoms with van der Waals surface area (Å²) in [7, 11) is 0. The number of nitrogens with one attached hydrogen (secondary N) is 1. The van der Waals surface area contributed by atoms with E-state index in [0.717, 1.165) is 25.7 Å². The van der Waals surface area contributed by atoms with Gasteiger partial charge in [-0.2, -0.15) is 0 Å². The van der Waals surface area contributed by atoms with Crippen LogP contribution in [0.15, 0.2) is 0 Å². The Morgan fingerprint density at radius 2 is 1.78 bits per heavy atom. The maximum absolute atomic E-state index is 11.8. The Kier molecular flexibility index (Phi) is 5.17. The van der Waals surface area contributed by atoms with Crippen molar-refractivity contribution < 1.29 is 14.7 Å². The first-order chi connectivity index (χ1) is 8.29. The Hall–Kier alpha value is -1.06. The average molecular weight is 255 g/mol. The molecule has 0 aromatic heterocycles. The SMILES string of the molecule is CC(C)(C)CC(=O)NC(C(=O)O)C1CCCCC1. The molecule has 0 aromatic rings. The second-order valence-electron chi connectivity index (χ2n) is 6.52. The molecule has 1 fully saturated rings. The van der Waals surface area contributed by atoms with Crippen LogP contribution in [0.25, 0.3) is 0 Å². The van der Waals surface area contributed by atoms with E-state index in [1.54, 1.807) is 0 Å². The summed E-state index contributed by atoms with van der Waals surface area (Å²) in [6.45, 7) is 5.93. The molecule has 0 aromatic carbocycles. The smallest absolute Gasteiger partial charge is 0.326 e. The van der Waals surface area contributed by atoms with Crippen molar-refractivity contribution in [3.8, 4) is 0 Å². The van der Waals surface area contributed by atoms with Gasteiger partial charge >= 0.3 is 5.97 Å². The Balaban J connectivity index is 2.57. The molecule has 1 aliphatic rings. The van der Waals surface area contributed by atoms with Crippen molar-refractivity contribution in [2.45, 2.75) is 65.3 Å². The molecule has 1 rings (SSSR count). The lowest BCUT2D eigenvalue weighted by molar-refractivity contribution is -0.144. The number of carboxylic acids is 1. The monoisotopic (exact) mass is 255 g/mol. The van der Waals surface area contributed by atoms with Crippen LogP contribution in [-0.4, -0.2) is 23.0 Å². The number of rotatable bonds is 4. The van der Waals surface area contributed by atoms with Crippen LogP contribution in [0.3, 0.4) is 0 Å². The number of aliphatic carboxylic acids is 1. The van der Waals surface area contributed by atoms with Gasteiger partial charge in [0, 0.05) is 6.42 Å². The summed E-state index contributed by atoms with van der Waals surface area (Å²) in [6, 6.07) is -0.708. The van der Waals surface area contributed by atoms with Crippen LogP contribution < -0.4 is 5.32 Å². The summed E-state index contributed by atoms with van der Waals surface area (Å²) >= 11 is 0. The Bertz CT molecular complexity index is 301. The largest absolute Gasteiger partial charge is 0.480 e. The van der Waals surface area contributed by atoms with Gasteiger partial charge in [-0.3, -0.25) is 4.79 Å². The van der Waals surface area contributed by atoms with E-state index in [1.807, 2.05) is 20.8 Å². The number of hydrogen-bond acceptors (Lipinski definition) is 2. The Morgan fingerprint density at radius 3 is 2.22 bits per heavy atom. The van der Waals surface area contributed by atoms with E-state index in [-0.39, 0.29) is 17.2 Å². The first kappa shape index (κ1) is 15.0. The van der Waals surface area contributed by atoms with Crippen LogP contribution in [0, 0.1) is 11.3 Å². The number of amides is 1. The maximum atomic E-state index is 11.8. The van der Waals surface area contributed by atoms with Crippen molar-refractivity contribution in [3.05, 3.63) is 0 Å². The topological polar surface area (TPSA) is 66.4 Å². The summed E-state index contributed by atoms with van der Waals surface area (Å²) < 4.78 is 0. The van der Waals surface area contributed by atoms with Crippen LogP contribution in [-0.2, 0) is 9.59 Å². The van der Waals surface area contributed by atoms with E-state index in [4.69, 9.17) is 0 Å². The lowest BCUT2D eigenvalue weighted by Crippen LogP contribution is -2.47. The summed E-state index contributed by atoms with van der Waals surface area (Å²) in [5, 5.41) is 12.0. The Labute approximate surface area is 109 Å². The molecular formula is C14H25NO3. The molecule has 4 nitrogen and oxygen atoms in total. The van der Waals surface area contributed by atoms with E-state index < -0.39 is 12.0 Å². The fraction of sp³-hybridized carbons (Fsp3) is 0.857. The molecule has 0 heterocycles. The second-order valence-corrected chi connectivity index (χ2v) is 6.52. The normalized spacial score (nSPS) is 19.3. The molecule has 0 radical (unpaired) electrons. The third kappa shape index (κ3) is 5.07. The number of hydrogen-bond donors (Lipinski definition) is 2. The van der Waals surface area contributed by atoms with E-state index in [0.29, 0.717) is 6.42 Å². The Morgan fingerprint density at radius 1 is 1.22 bits per heavy atom. The summed E-state index contributed by atoms with van der Waals surface area (Å²) in [5.41, 5.74) is -0.111. The van der Waals surface area contributed by atoms with Crippen molar-refractivity contribution in [2.75, 3.05) is 0 Å². The van der Waals surface area contributed by atoms with E-state index in [1.165, 1.54) is 6.42 Å². The average Bonchev–Trinajstić information content (AvgIpc) is 2.24. The molecule has 1 saturated carbocycles. The van der Waals surface area contributed by atoms with Crippen molar-refractivity contribution >= 4 is 11.9 Å². The van der Waals surface area contributed by atoms with E-state index >= 15 is 0 Å². The van der Waals surface area contributed by atoms with Gasteiger partial charge in [-0.05, 0) is 24.2 Å². The highest BCUT2D eigenvalue weighted by Gasteiger charge is 2.31. The third-order valence-electron chi connectivity index (χ3n) is 3.39. The predicted octanol–water partition coefficient (Wildman–Crippen LogP) is 2.57. The molecule has 4 heteroatoms. The fourth-order valence-electron chi connectivity index (χ4n) is 2.55. The third-order valence-corrected chi connectivity index (χ3v) is 3.39. The zero-order valence-electron chi connectivity index (χ0n) is 11.7. The minimum atomic E-state index is -0.899. The molecule has 0 aliphatic heterocycles. The predicted molar refractivity (Wildman–Crippen MR) is 70.2 cm³/mol. The molecule has 18 heavy (non-hydrogen) atoms. The van der Waals surface area contributed by atoms with E-state index in [2.05, 4.69) is 5.32 Å². The fourth-order valence-corrected chi connectivity index (χ4v) is 2.55. The quantitative estimate of drug-likeness (QED) is 0.811. The zero-order valence-corrected chi connectivity index (χ0v) is 11.7. The summed E-state index contributed by atoms with van der Waals surface area (Å²) in [6.07, 6.45) is 5.51. The minimum Gasteiger partial charge on any atom is -0.480 e. The standard InChI is InChI=1S/C14H25NO3/c1-14(2,3)9-11(16)15-12(13(17)18)10-7-5-4-6-8-10/h10,12H,4-9H2,1-3H3,(H,15,16)(H,17,18). The minimum absolute atomic E-state index is 0.0974. The van der Waals surface area contributed by atoms with Crippen molar-refractivity contribution in [3.63, 3.8) is 0 Å². The van der Waals surface area contributed by atoms with Gasteiger partial charge in [-0.1, -0.05) is 40.0 Å². The zero-order chi connectivity index (χ0) is 13.8. The molecule has 104 valence electrons. The van der Waals surface area contributed by atoms with Gasteiger partial charge in [-0.25, -0.2) is 4.79 Å². The van der Waals surface area contributed by atoms with Gasteiger partial charge in [-0.15, -0.1) is 0 Å². The molecule has 1 aliphatic carbocycles. The van der Waals surface area contributed by atoms with Gasteiger partial charge in [0.05, 0.1) is 0 Å². The van der Waals surface area contributed by atoms with Gasteiger partial charge in [0.1, 0.15) is 6.04 Å². The number of carbonyl (C=O) groups excluding carboxylic acids is 1. The van der Waals surface area contributed by atoms with Crippen LogP contribution in [0.2, 0.25) is 0 Å². The first-order valence-electron chi connectivity index (χ1n) is 6.82. The highest BCUT2D eigenvalue weighted by Crippen LogP contribution is 2.27. The van der Waals surface area contributed by atoms with Crippen LogP contribution in [0.4, 0.5) is 0 Å². The van der Waals surface area contributed by atoms with Crippen molar-refractivity contribution in [1.29, 1.82) is 0 Å². The molecule has 0 spiro atoms. The maximum Gasteiger partial charge on any atom is 0.326 e. The highest BCUT2D eigenvalue weighted by atomic mass is 16.4. The van der Waals surface area contributed by atoms with Gasteiger partial charge < -0.3 is 10.4 Å². The molecule has 1 atom stereocenters. The summed E-state index contributed by atoms with van der Waals surface area (Å²) in [4.78, 5) is 23.1. The van der Waals surface area contributed by atoms with Crippen molar-refractivity contribution in [1.82, 2.24) is 5.32 Å². The van der Waals surface area contributed by atoms with Gasteiger partial charge in [0.15, 0.2) is 0 Å². The van der Waals surface area contributed by atoms with Gasteiger partial charge in [0.25, 0.3) is 0 Å². The van der Waals surface area contributed by atoms with Crippen LogP contribution >= 0.6 is 0 Å². The van der Waals surface area contributed by atoms with E-state index in [9.17, 15) is 14.7 Å². The number of carbonyl (C=O) groups is 2. The summed E-state index contributed by atoms with van der Waals surface area (Å²) in [5.74, 6) is -0.954. The molecule has 1 amide bonds. The molecule has 2 N–H and O–H groups in total. The molecule has 1 unspecified atom stereocenters. The van der Waals surface area contributed by atoms with Gasteiger partial charge in [0.2, 0.25) is 5.91 Å². The first-order valence-corrected chi connectivity index (χ1v) is 6.82.